The van der Waals surface area contributed by atoms with Crippen LogP contribution in [0.2, 0.25) is 0 Å². The standard InChI is InChI=1S/C21H21N3O3/c1-4-27-21(26)16-7-9-18(10-8-16)23-20(25)17(14-22)13-15-5-11-19(12-6-15)24(2)3/h5-13H,4H2,1-3H3,(H,23,25)/b17-13+. The predicted octanol–water partition coefficient (Wildman–Crippen LogP) is 3.47. The van der Waals surface area contributed by atoms with E-state index in [1.54, 1.807) is 31.2 Å². The van der Waals surface area contributed by atoms with Gasteiger partial charge >= 0.3 is 5.97 Å². The number of anilines is 2. The summed E-state index contributed by atoms with van der Waals surface area (Å²) in [7, 11) is 3.87. The maximum absolute atomic E-state index is 12.3. The first-order valence-corrected chi connectivity index (χ1v) is 8.42. The Hall–Kier alpha value is -3.59. The van der Waals surface area contributed by atoms with E-state index in [2.05, 4.69) is 5.32 Å². The number of carbonyl (C=O) groups excluding carboxylic acids is 2. The summed E-state index contributed by atoms with van der Waals surface area (Å²) in [5.41, 5.74) is 2.65. The van der Waals surface area contributed by atoms with Crippen LogP contribution in [0, 0.1) is 11.3 Å². The summed E-state index contributed by atoms with van der Waals surface area (Å²) in [5.74, 6) is -0.938. The van der Waals surface area contributed by atoms with Crippen LogP contribution in [0.5, 0.6) is 0 Å². The number of carbonyl (C=O) groups is 2. The van der Waals surface area contributed by atoms with Crippen molar-refractivity contribution < 1.29 is 14.3 Å². The summed E-state index contributed by atoms with van der Waals surface area (Å²) < 4.78 is 4.91. The summed E-state index contributed by atoms with van der Waals surface area (Å²) in [5, 5.41) is 12.0. The van der Waals surface area contributed by atoms with E-state index in [1.165, 1.54) is 6.08 Å². The number of esters is 1. The molecule has 0 unspecified atom stereocenters. The maximum atomic E-state index is 12.3. The van der Waals surface area contributed by atoms with Gasteiger partial charge in [0.1, 0.15) is 11.6 Å². The normalized spacial score (nSPS) is 10.7. The van der Waals surface area contributed by atoms with Crippen LogP contribution in [0.15, 0.2) is 54.1 Å². The zero-order chi connectivity index (χ0) is 19.8. The van der Waals surface area contributed by atoms with Crippen LogP contribution in [0.4, 0.5) is 11.4 Å². The minimum Gasteiger partial charge on any atom is -0.462 e. The molecule has 0 aromatic heterocycles. The van der Waals surface area contributed by atoms with Crippen LogP contribution in [-0.4, -0.2) is 32.6 Å². The molecule has 2 aromatic rings. The summed E-state index contributed by atoms with van der Waals surface area (Å²) >= 11 is 0. The van der Waals surface area contributed by atoms with Crippen LogP contribution in [0.3, 0.4) is 0 Å². The van der Waals surface area contributed by atoms with Gasteiger partial charge in [-0.2, -0.15) is 5.26 Å². The molecule has 6 nitrogen and oxygen atoms in total. The second-order valence-electron chi connectivity index (χ2n) is 5.91. The van der Waals surface area contributed by atoms with Crippen LogP contribution in [0.25, 0.3) is 6.08 Å². The first-order valence-electron chi connectivity index (χ1n) is 8.42. The zero-order valence-corrected chi connectivity index (χ0v) is 15.5. The number of rotatable bonds is 6. The highest BCUT2D eigenvalue weighted by molar-refractivity contribution is 6.09. The van der Waals surface area contributed by atoms with E-state index >= 15 is 0 Å². The van der Waals surface area contributed by atoms with Crippen molar-refractivity contribution in [1.29, 1.82) is 5.26 Å². The number of benzene rings is 2. The Morgan fingerprint density at radius 1 is 1.11 bits per heavy atom. The molecule has 0 saturated heterocycles. The third-order valence-corrected chi connectivity index (χ3v) is 3.74. The number of hydrogen-bond acceptors (Lipinski definition) is 5. The van der Waals surface area contributed by atoms with Gasteiger partial charge in [-0.3, -0.25) is 4.79 Å². The monoisotopic (exact) mass is 363 g/mol. The molecule has 0 spiro atoms. The minimum atomic E-state index is -0.516. The molecule has 2 rings (SSSR count). The second-order valence-corrected chi connectivity index (χ2v) is 5.91. The molecule has 0 bridgehead atoms. The summed E-state index contributed by atoms with van der Waals surface area (Å²) in [4.78, 5) is 25.9. The van der Waals surface area contributed by atoms with Crippen LogP contribution in [0.1, 0.15) is 22.8 Å². The predicted molar refractivity (Wildman–Crippen MR) is 105 cm³/mol. The Morgan fingerprint density at radius 2 is 1.74 bits per heavy atom. The molecule has 2 aromatic carbocycles. The minimum absolute atomic E-state index is 0.0120. The molecule has 0 fully saturated rings. The van der Waals surface area contributed by atoms with Crippen LogP contribution < -0.4 is 10.2 Å². The molecule has 0 radical (unpaired) electrons. The average molecular weight is 363 g/mol. The smallest absolute Gasteiger partial charge is 0.338 e. The van der Waals surface area contributed by atoms with Crippen molar-refractivity contribution in [2.45, 2.75) is 6.92 Å². The number of nitrogens with zero attached hydrogens (tertiary/aromatic N) is 2. The third kappa shape index (κ3) is 5.44. The van der Waals surface area contributed by atoms with Crippen molar-refractivity contribution >= 4 is 29.3 Å². The topological polar surface area (TPSA) is 82.4 Å². The van der Waals surface area contributed by atoms with Crippen molar-refractivity contribution in [2.24, 2.45) is 0 Å². The van der Waals surface area contributed by atoms with E-state index in [9.17, 15) is 14.9 Å². The third-order valence-electron chi connectivity index (χ3n) is 3.74. The Morgan fingerprint density at radius 3 is 2.26 bits per heavy atom. The first kappa shape index (κ1) is 19.7. The molecule has 27 heavy (non-hydrogen) atoms. The Bertz CT molecular complexity index is 876. The molecule has 0 heterocycles. The maximum Gasteiger partial charge on any atom is 0.338 e. The molecule has 6 heteroatoms. The van der Waals surface area contributed by atoms with Gasteiger partial charge in [-0.25, -0.2) is 4.79 Å². The van der Waals surface area contributed by atoms with Crippen molar-refractivity contribution in [3.8, 4) is 6.07 Å². The first-order chi connectivity index (χ1) is 12.9. The molecule has 1 N–H and O–H groups in total. The van der Waals surface area contributed by atoms with E-state index < -0.39 is 11.9 Å². The van der Waals surface area contributed by atoms with Crippen molar-refractivity contribution in [2.75, 3.05) is 30.9 Å². The SMILES string of the molecule is CCOC(=O)c1ccc(NC(=O)/C(C#N)=C/c2ccc(N(C)C)cc2)cc1. The fourth-order valence-corrected chi connectivity index (χ4v) is 2.29. The lowest BCUT2D eigenvalue weighted by Gasteiger charge is -2.12. The van der Waals surface area contributed by atoms with E-state index in [-0.39, 0.29) is 5.57 Å². The zero-order valence-electron chi connectivity index (χ0n) is 15.5. The average Bonchev–Trinajstić information content (AvgIpc) is 2.67. The Kier molecular flexibility index (Phi) is 6.73. The summed E-state index contributed by atoms with van der Waals surface area (Å²) in [6, 6.07) is 15.7. The van der Waals surface area contributed by atoms with Crippen molar-refractivity contribution in [3.63, 3.8) is 0 Å². The number of hydrogen-bond donors (Lipinski definition) is 1. The molecular formula is C21H21N3O3. The largest absolute Gasteiger partial charge is 0.462 e. The van der Waals surface area contributed by atoms with Crippen molar-refractivity contribution in [3.05, 3.63) is 65.2 Å². The molecule has 0 aliphatic heterocycles. The fraction of sp³-hybridized carbons (Fsp3) is 0.190. The van der Waals surface area contributed by atoms with E-state index in [1.807, 2.05) is 49.3 Å². The lowest BCUT2D eigenvalue weighted by atomic mass is 10.1. The van der Waals surface area contributed by atoms with Gasteiger partial charge in [0.2, 0.25) is 0 Å². The number of nitrogens with one attached hydrogen (secondary N) is 1. The molecule has 0 aliphatic rings. The lowest BCUT2D eigenvalue weighted by Crippen LogP contribution is -2.13. The van der Waals surface area contributed by atoms with Crippen LogP contribution in [-0.2, 0) is 9.53 Å². The van der Waals surface area contributed by atoms with Gasteiger partial charge in [0, 0.05) is 25.5 Å². The van der Waals surface area contributed by atoms with Gasteiger partial charge in [-0.1, -0.05) is 12.1 Å². The highest BCUT2D eigenvalue weighted by atomic mass is 16.5. The van der Waals surface area contributed by atoms with Gasteiger partial charge in [0.25, 0.3) is 5.91 Å². The summed E-state index contributed by atoms with van der Waals surface area (Å²) in [6.45, 7) is 2.03. The molecule has 138 valence electrons. The van der Waals surface area contributed by atoms with Gasteiger partial charge in [0.15, 0.2) is 0 Å². The number of amides is 1. The van der Waals surface area contributed by atoms with Gasteiger partial charge < -0.3 is 15.0 Å². The summed E-state index contributed by atoms with van der Waals surface area (Å²) in [6.07, 6.45) is 1.53. The number of nitriles is 1. The molecule has 0 aliphatic carbocycles. The van der Waals surface area contributed by atoms with Crippen molar-refractivity contribution in [1.82, 2.24) is 0 Å². The molecule has 0 atom stereocenters. The van der Waals surface area contributed by atoms with Crippen LogP contribution >= 0.6 is 0 Å². The second kappa shape index (κ2) is 9.20. The van der Waals surface area contributed by atoms with Gasteiger partial charge in [-0.05, 0) is 55.0 Å². The Labute approximate surface area is 158 Å². The van der Waals surface area contributed by atoms with Gasteiger partial charge in [-0.15, -0.1) is 0 Å². The lowest BCUT2D eigenvalue weighted by molar-refractivity contribution is -0.112. The quantitative estimate of drug-likeness (QED) is 0.483. The number of ether oxygens (including phenoxy) is 1. The molecule has 0 saturated carbocycles. The Balaban J connectivity index is 2.10. The highest BCUT2D eigenvalue weighted by Gasteiger charge is 2.11. The van der Waals surface area contributed by atoms with E-state index in [0.717, 1.165) is 11.3 Å². The molecular weight excluding hydrogens is 342 g/mol. The molecule has 1 amide bonds. The van der Waals surface area contributed by atoms with E-state index in [0.29, 0.717) is 17.9 Å². The fourth-order valence-electron chi connectivity index (χ4n) is 2.29. The van der Waals surface area contributed by atoms with E-state index in [4.69, 9.17) is 4.74 Å². The van der Waals surface area contributed by atoms with Gasteiger partial charge in [0.05, 0.1) is 12.2 Å². The highest BCUT2D eigenvalue weighted by Crippen LogP contribution is 2.16.